The highest BCUT2D eigenvalue weighted by molar-refractivity contribution is 9.10. The molecule has 4 heteroatoms. The van der Waals surface area contributed by atoms with E-state index in [1.54, 1.807) is 0 Å². The number of carbonyl (C=O) groups is 1. The third-order valence-corrected chi connectivity index (χ3v) is 4.24. The number of carbonyl (C=O) groups excluding carboxylic acids is 1. The quantitative estimate of drug-likeness (QED) is 0.893. The molecule has 0 saturated heterocycles. The maximum absolute atomic E-state index is 12.3. The molecule has 1 N–H and O–H groups in total. The van der Waals surface area contributed by atoms with Gasteiger partial charge in [0.05, 0.1) is 0 Å². The molecule has 0 aliphatic rings. The van der Waals surface area contributed by atoms with Gasteiger partial charge in [0.25, 0.3) is 5.91 Å². The molecule has 21 heavy (non-hydrogen) atoms. The molecule has 2 rings (SSSR count). The predicted molar refractivity (Wildman–Crippen MR) is 92.3 cm³/mol. The van der Waals surface area contributed by atoms with Crippen LogP contribution in [0.4, 0.5) is 11.4 Å². The van der Waals surface area contributed by atoms with Crippen molar-refractivity contribution in [1.82, 2.24) is 0 Å². The van der Waals surface area contributed by atoms with E-state index in [4.69, 9.17) is 0 Å². The van der Waals surface area contributed by atoms with Gasteiger partial charge in [-0.05, 0) is 49.2 Å². The van der Waals surface area contributed by atoms with Crippen molar-refractivity contribution < 1.29 is 4.79 Å². The number of anilines is 2. The van der Waals surface area contributed by atoms with Crippen LogP contribution in [0.15, 0.2) is 40.9 Å². The number of halogens is 1. The molecule has 0 fully saturated rings. The van der Waals surface area contributed by atoms with Crippen molar-refractivity contribution in [3.8, 4) is 0 Å². The summed E-state index contributed by atoms with van der Waals surface area (Å²) in [5.41, 5.74) is 4.82. The Balaban J connectivity index is 2.23. The summed E-state index contributed by atoms with van der Waals surface area (Å²) in [6.45, 7) is 4.05. The smallest absolute Gasteiger partial charge is 0.255 e. The van der Waals surface area contributed by atoms with Crippen molar-refractivity contribution in [3.63, 3.8) is 0 Å². The Morgan fingerprint density at radius 3 is 2.33 bits per heavy atom. The lowest BCUT2D eigenvalue weighted by Gasteiger charge is -2.17. The van der Waals surface area contributed by atoms with Gasteiger partial charge in [-0.2, -0.15) is 0 Å². The summed E-state index contributed by atoms with van der Waals surface area (Å²) < 4.78 is 0.938. The van der Waals surface area contributed by atoms with Crippen LogP contribution in [0.3, 0.4) is 0 Å². The first-order valence-corrected chi connectivity index (χ1v) is 7.53. The average Bonchev–Trinajstić information content (AvgIpc) is 2.43. The standard InChI is InChI=1S/C17H19BrN2O/c1-11-5-7-13(9-15(11)18)17(21)19-14-8-6-12(2)16(10-14)20(3)4/h5-10H,1-4H3,(H,19,21). The number of amides is 1. The molecule has 110 valence electrons. The van der Waals surface area contributed by atoms with E-state index in [2.05, 4.69) is 28.2 Å². The van der Waals surface area contributed by atoms with Crippen LogP contribution in [0.2, 0.25) is 0 Å². The molecular formula is C17H19BrN2O. The zero-order valence-electron chi connectivity index (χ0n) is 12.7. The topological polar surface area (TPSA) is 32.3 Å². The van der Waals surface area contributed by atoms with Gasteiger partial charge in [-0.3, -0.25) is 4.79 Å². The molecule has 0 radical (unpaired) electrons. The maximum atomic E-state index is 12.3. The number of nitrogens with zero attached hydrogens (tertiary/aromatic N) is 1. The summed E-state index contributed by atoms with van der Waals surface area (Å²) in [7, 11) is 3.98. The van der Waals surface area contributed by atoms with Gasteiger partial charge in [-0.15, -0.1) is 0 Å². The minimum Gasteiger partial charge on any atom is -0.377 e. The molecule has 0 atom stereocenters. The highest BCUT2D eigenvalue weighted by atomic mass is 79.9. The van der Waals surface area contributed by atoms with E-state index in [1.807, 2.05) is 62.3 Å². The van der Waals surface area contributed by atoms with Gasteiger partial charge < -0.3 is 10.2 Å². The van der Waals surface area contributed by atoms with Gasteiger partial charge in [0.1, 0.15) is 0 Å². The minimum absolute atomic E-state index is 0.107. The van der Waals surface area contributed by atoms with Crippen LogP contribution in [-0.4, -0.2) is 20.0 Å². The van der Waals surface area contributed by atoms with E-state index >= 15 is 0 Å². The number of hydrogen-bond acceptors (Lipinski definition) is 2. The molecule has 0 aliphatic heterocycles. The number of rotatable bonds is 3. The lowest BCUT2D eigenvalue weighted by atomic mass is 10.1. The largest absolute Gasteiger partial charge is 0.377 e. The Morgan fingerprint density at radius 1 is 1.05 bits per heavy atom. The fourth-order valence-corrected chi connectivity index (χ4v) is 2.49. The number of nitrogens with one attached hydrogen (secondary N) is 1. The summed E-state index contributed by atoms with van der Waals surface area (Å²) in [5.74, 6) is -0.107. The lowest BCUT2D eigenvalue weighted by Crippen LogP contribution is -2.14. The molecule has 0 heterocycles. The van der Waals surface area contributed by atoms with Gasteiger partial charge in [-0.25, -0.2) is 0 Å². The number of hydrogen-bond donors (Lipinski definition) is 1. The molecule has 0 aromatic heterocycles. The SMILES string of the molecule is Cc1ccc(C(=O)Nc2ccc(C)c(N(C)C)c2)cc1Br. The summed E-state index contributed by atoms with van der Waals surface area (Å²) in [5, 5.41) is 2.94. The zero-order chi connectivity index (χ0) is 15.6. The molecule has 0 unspecified atom stereocenters. The normalized spacial score (nSPS) is 10.3. The third-order valence-electron chi connectivity index (χ3n) is 3.38. The molecule has 1 amide bonds. The Kier molecular flexibility index (Phi) is 4.68. The van der Waals surface area contributed by atoms with Gasteiger partial charge in [0.15, 0.2) is 0 Å². The number of aryl methyl sites for hydroxylation is 2. The summed E-state index contributed by atoms with van der Waals surface area (Å²) in [4.78, 5) is 14.3. The van der Waals surface area contributed by atoms with E-state index in [0.717, 1.165) is 21.4 Å². The van der Waals surface area contributed by atoms with E-state index in [9.17, 15) is 4.79 Å². The molecule has 0 bridgehead atoms. The first-order valence-electron chi connectivity index (χ1n) is 6.74. The van der Waals surface area contributed by atoms with Crippen LogP contribution in [0, 0.1) is 13.8 Å². The van der Waals surface area contributed by atoms with Crippen molar-refractivity contribution >= 4 is 33.2 Å². The van der Waals surface area contributed by atoms with Crippen LogP contribution in [-0.2, 0) is 0 Å². The van der Waals surface area contributed by atoms with Crippen LogP contribution in [0.1, 0.15) is 21.5 Å². The molecule has 3 nitrogen and oxygen atoms in total. The summed E-state index contributed by atoms with van der Waals surface area (Å²) >= 11 is 3.45. The van der Waals surface area contributed by atoms with Crippen LogP contribution >= 0.6 is 15.9 Å². The van der Waals surface area contributed by atoms with Crippen molar-refractivity contribution in [2.24, 2.45) is 0 Å². The second kappa shape index (κ2) is 6.31. The molecule has 0 aliphatic carbocycles. The van der Waals surface area contributed by atoms with Crippen molar-refractivity contribution in [3.05, 3.63) is 57.6 Å². The van der Waals surface area contributed by atoms with E-state index in [-0.39, 0.29) is 5.91 Å². The van der Waals surface area contributed by atoms with E-state index in [1.165, 1.54) is 5.56 Å². The van der Waals surface area contributed by atoms with Gasteiger partial charge in [0, 0.05) is 35.5 Å². The molecule has 0 saturated carbocycles. The van der Waals surface area contributed by atoms with E-state index in [0.29, 0.717) is 5.56 Å². The summed E-state index contributed by atoms with van der Waals surface area (Å²) in [6, 6.07) is 11.5. The number of benzene rings is 2. The van der Waals surface area contributed by atoms with Gasteiger partial charge in [-0.1, -0.05) is 28.1 Å². The Morgan fingerprint density at radius 2 is 1.71 bits per heavy atom. The predicted octanol–water partition coefficient (Wildman–Crippen LogP) is 4.38. The van der Waals surface area contributed by atoms with Gasteiger partial charge in [0.2, 0.25) is 0 Å². The third kappa shape index (κ3) is 3.64. The zero-order valence-corrected chi connectivity index (χ0v) is 14.3. The van der Waals surface area contributed by atoms with Crippen molar-refractivity contribution in [2.75, 3.05) is 24.3 Å². The Hall–Kier alpha value is -1.81. The highest BCUT2D eigenvalue weighted by Gasteiger charge is 2.09. The van der Waals surface area contributed by atoms with Crippen LogP contribution in [0.5, 0.6) is 0 Å². The molecule has 0 spiro atoms. The van der Waals surface area contributed by atoms with Crippen molar-refractivity contribution in [1.29, 1.82) is 0 Å². The first kappa shape index (κ1) is 15.6. The molecule has 2 aromatic carbocycles. The first-order chi connectivity index (χ1) is 9.88. The van der Waals surface area contributed by atoms with Crippen molar-refractivity contribution in [2.45, 2.75) is 13.8 Å². The Bertz CT molecular complexity index is 680. The average molecular weight is 347 g/mol. The summed E-state index contributed by atoms with van der Waals surface area (Å²) in [6.07, 6.45) is 0. The maximum Gasteiger partial charge on any atom is 0.255 e. The van der Waals surface area contributed by atoms with E-state index < -0.39 is 0 Å². The van der Waals surface area contributed by atoms with Gasteiger partial charge >= 0.3 is 0 Å². The highest BCUT2D eigenvalue weighted by Crippen LogP contribution is 2.23. The monoisotopic (exact) mass is 346 g/mol. The fourth-order valence-electron chi connectivity index (χ4n) is 2.11. The Labute approximate surface area is 134 Å². The second-order valence-corrected chi connectivity index (χ2v) is 6.17. The van der Waals surface area contributed by atoms with Crippen LogP contribution < -0.4 is 10.2 Å². The fraction of sp³-hybridized carbons (Fsp3) is 0.235. The minimum atomic E-state index is -0.107. The lowest BCUT2D eigenvalue weighted by molar-refractivity contribution is 0.102. The van der Waals surface area contributed by atoms with Crippen LogP contribution in [0.25, 0.3) is 0 Å². The second-order valence-electron chi connectivity index (χ2n) is 5.31. The molecular weight excluding hydrogens is 328 g/mol. The molecule has 2 aromatic rings.